The van der Waals surface area contributed by atoms with Crippen molar-refractivity contribution in [3.63, 3.8) is 0 Å². The van der Waals surface area contributed by atoms with E-state index in [0.29, 0.717) is 12.0 Å². The molecule has 0 aliphatic carbocycles. The number of nitrogens with one attached hydrogen (secondary N) is 7. The van der Waals surface area contributed by atoms with Crippen LogP contribution in [0.25, 0.3) is 0 Å². The number of amides is 11. The molecular formula is C44H70N12O14S2. The fraction of sp³-hybridized carbons (Fsp3) is 0.614. The van der Waals surface area contributed by atoms with E-state index in [2.05, 4.69) is 37.2 Å². The predicted molar refractivity (Wildman–Crippen MR) is 264 cm³/mol. The fourth-order valence-corrected chi connectivity index (χ4v) is 9.21. The van der Waals surface area contributed by atoms with Crippen molar-refractivity contribution in [1.29, 1.82) is 0 Å². The Bertz CT molecular complexity index is 2090. The monoisotopic (exact) mass is 1050 g/mol. The molecule has 402 valence electrons. The second kappa shape index (κ2) is 30.6. The second-order valence-corrected chi connectivity index (χ2v) is 20.3. The zero-order valence-corrected chi connectivity index (χ0v) is 42.5. The standard InChI is InChI=1S/C44H70N12O14S2/c1-6-22(4)36-43(69)50-28(11-12-33(46)60)40(66)53-31(15-34(47)61)41(67)54-32(20-72-71-19-27(45)38(64)52-30(42(68)55-36)14-24-7-9-25(58)10-8-24)44(70)56(17-26(59)18-57)23(5)37(63)51-29(13-21(2)3)39(65)49-16-35(48)62/h7-10,21-23,26-32,36,57-59H,6,11-20,45H2,1-5H3,(H2,46,60)(H2,47,61)(H2,48,62)(H,49,65)(H,50,69)(H,51,63)(H,52,64)(H,53,66)(H,54,67)(H,55,68)/t22-,23+,26+,27-,28-,29-,30-,31-,32-,36-/m0/s1. The fourth-order valence-electron chi connectivity index (χ4n) is 6.93. The molecule has 0 saturated carbocycles. The molecule has 1 aliphatic rings. The minimum Gasteiger partial charge on any atom is -0.508 e. The van der Waals surface area contributed by atoms with E-state index < -0.39 is 170 Å². The van der Waals surface area contributed by atoms with E-state index in [4.69, 9.17) is 22.9 Å². The maximum atomic E-state index is 14.7. The van der Waals surface area contributed by atoms with Gasteiger partial charge in [0, 0.05) is 30.9 Å². The number of aromatic hydroxyl groups is 1. The van der Waals surface area contributed by atoms with Gasteiger partial charge in [0.1, 0.15) is 48.0 Å². The molecule has 1 aliphatic heterocycles. The van der Waals surface area contributed by atoms with Gasteiger partial charge < -0.3 is 80.4 Å². The lowest BCUT2D eigenvalue weighted by Crippen LogP contribution is -2.62. The Balaban J connectivity index is 2.74. The molecule has 26 nitrogen and oxygen atoms in total. The lowest BCUT2D eigenvalue weighted by Gasteiger charge is -2.34. The van der Waals surface area contributed by atoms with Crippen molar-refractivity contribution in [1.82, 2.24) is 42.1 Å². The van der Waals surface area contributed by atoms with Crippen LogP contribution >= 0.6 is 21.6 Å². The van der Waals surface area contributed by atoms with Gasteiger partial charge in [0.05, 0.1) is 31.7 Å². The number of nitrogens with zero attached hydrogens (tertiary/aromatic N) is 1. The summed E-state index contributed by atoms with van der Waals surface area (Å²) >= 11 is 0. The zero-order chi connectivity index (χ0) is 54.4. The highest BCUT2D eigenvalue weighted by Gasteiger charge is 2.38. The topological polar surface area (TPSA) is 440 Å². The highest BCUT2D eigenvalue weighted by Crippen LogP contribution is 2.24. The van der Waals surface area contributed by atoms with Crippen LogP contribution in [0, 0.1) is 11.8 Å². The van der Waals surface area contributed by atoms with Gasteiger partial charge in [-0.3, -0.25) is 52.7 Å². The minimum absolute atomic E-state index is 0.0632. The Morgan fingerprint density at radius 3 is 1.92 bits per heavy atom. The third-order valence-corrected chi connectivity index (χ3v) is 13.6. The van der Waals surface area contributed by atoms with E-state index >= 15 is 0 Å². The number of hydrogen-bond acceptors (Lipinski definition) is 17. The van der Waals surface area contributed by atoms with Crippen molar-refractivity contribution in [3.05, 3.63) is 29.8 Å². The Hall–Kier alpha value is -6.23. The van der Waals surface area contributed by atoms with Gasteiger partial charge in [-0.25, -0.2) is 0 Å². The van der Waals surface area contributed by atoms with Crippen molar-refractivity contribution in [2.24, 2.45) is 34.8 Å². The van der Waals surface area contributed by atoms with E-state index in [1.807, 2.05) is 0 Å². The molecule has 0 bridgehead atoms. The number of carbonyl (C=O) groups excluding carboxylic acids is 11. The van der Waals surface area contributed by atoms with E-state index in [9.17, 15) is 68.1 Å². The number of rotatable bonds is 21. The third-order valence-electron chi connectivity index (χ3n) is 11.2. The average Bonchev–Trinajstić information content (AvgIpc) is 3.31. The number of primary amides is 3. The molecule has 1 aromatic carbocycles. The molecule has 0 unspecified atom stereocenters. The van der Waals surface area contributed by atoms with Crippen molar-refractivity contribution >= 4 is 86.6 Å². The Labute approximate surface area is 424 Å². The number of aliphatic hydroxyl groups is 2. The molecule has 28 heteroatoms. The Morgan fingerprint density at radius 1 is 0.764 bits per heavy atom. The van der Waals surface area contributed by atoms with Gasteiger partial charge in [0.2, 0.25) is 65.0 Å². The van der Waals surface area contributed by atoms with Crippen LogP contribution in [-0.4, -0.2) is 171 Å². The molecule has 0 aromatic heterocycles. The molecule has 2 rings (SSSR count). The van der Waals surface area contributed by atoms with Crippen LogP contribution in [0.1, 0.15) is 72.3 Å². The summed E-state index contributed by atoms with van der Waals surface area (Å²) in [5, 5.41) is 47.7. The molecule has 18 N–H and O–H groups in total. The summed E-state index contributed by atoms with van der Waals surface area (Å²) < 4.78 is 0. The largest absolute Gasteiger partial charge is 0.508 e. The maximum Gasteiger partial charge on any atom is 0.246 e. The third kappa shape index (κ3) is 21.2. The van der Waals surface area contributed by atoms with Gasteiger partial charge in [0.25, 0.3) is 0 Å². The van der Waals surface area contributed by atoms with Crippen molar-refractivity contribution < 1.29 is 68.1 Å². The van der Waals surface area contributed by atoms with Crippen LogP contribution in [0.2, 0.25) is 0 Å². The van der Waals surface area contributed by atoms with Gasteiger partial charge in [-0.2, -0.15) is 0 Å². The second-order valence-electron chi connectivity index (χ2n) is 17.7. The highest BCUT2D eigenvalue weighted by molar-refractivity contribution is 8.76. The van der Waals surface area contributed by atoms with E-state index in [1.165, 1.54) is 31.2 Å². The van der Waals surface area contributed by atoms with Crippen LogP contribution in [0.4, 0.5) is 0 Å². The molecule has 1 fully saturated rings. The smallest absolute Gasteiger partial charge is 0.246 e. The zero-order valence-electron chi connectivity index (χ0n) is 40.8. The van der Waals surface area contributed by atoms with E-state index in [1.54, 1.807) is 27.7 Å². The minimum atomic E-state index is -1.86. The first-order valence-corrected chi connectivity index (χ1v) is 25.6. The summed E-state index contributed by atoms with van der Waals surface area (Å²) in [6.45, 7) is 5.91. The normalized spacial score (nSPS) is 22.5. The van der Waals surface area contributed by atoms with Gasteiger partial charge in [0.15, 0.2) is 0 Å². The number of carbonyl (C=O) groups is 11. The first-order chi connectivity index (χ1) is 33.8. The van der Waals surface area contributed by atoms with Crippen LogP contribution in [0.3, 0.4) is 0 Å². The summed E-state index contributed by atoms with van der Waals surface area (Å²) in [5.41, 5.74) is 22.9. The summed E-state index contributed by atoms with van der Waals surface area (Å²) in [5.74, 6) is -12.0. The first kappa shape index (κ1) is 61.9. The van der Waals surface area contributed by atoms with Gasteiger partial charge in [-0.05, 0) is 49.3 Å². The molecule has 72 heavy (non-hydrogen) atoms. The molecule has 11 amide bonds. The molecular weight excluding hydrogens is 985 g/mol. The number of phenolic OH excluding ortho intramolecular Hbond substituents is 1. The molecule has 1 saturated heterocycles. The van der Waals surface area contributed by atoms with Crippen LogP contribution in [0.15, 0.2) is 24.3 Å². The lowest BCUT2D eigenvalue weighted by molar-refractivity contribution is -0.145. The average molecular weight is 1060 g/mol. The lowest BCUT2D eigenvalue weighted by atomic mass is 9.96. The molecule has 1 heterocycles. The Kier molecular flexibility index (Phi) is 26.3. The number of aliphatic hydroxyl groups excluding tert-OH is 2. The number of phenols is 1. The molecule has 0 radical (unpaired) electrons. The first-order valence-electron chi connectivity index (χ1n) is 23.1. The summed E-state index contributed by atoms with van der Waals surface area (Å²) in [4.78, 5) is 148. The SMILES string of the molecule is CC[C@H](C)[C@@H]1NC(=O)[C@H](Cc2ccc(O)cc2)NC(=O)[C@@H](N)CSSC[C@@H](C(=O)N(C[C@@H](O)CO)[C@H](C)C(=O)N[C@@H](CC(C)C)C(=O)NCC(N)=O)NC(=O)[C@H](CC(N)=O)NC(=O)[C@H](CCC(N)=O)NC1=O. The quantitative estimate of drug-likeness (QED) is 0.0513. The molecule has 1 aromatic rings. The summed E-state index contributed by atoms with van der Waals surface area (Å²) in [7, 11) is 1.83. The van der Waals surface area contributed by atoms with E-state index in [-0.39, 0.29) is 30.3 Å². The number of nitrogens with two attached hydrogens (primary N) is 4. The van der Waals surface area contributed by atoms with E-state index in [0.717, 1.165) is 26.5 Å². The van der Waals surface area contributed by atoms with Crippen LogP contribution in [-0.2, 0) is 59.2 Å². The van der Waals surface area contributed by atoms with Crippen molar-refractivity contribution in [2.75, 3.05) is 31.2 Å². The van der Waals surface area contributed by atoms with Crippen molar-refractivity contribution in [2.45, 2.75) is 128 Å². The Morgan fingerprint density at radius 2 is 1.35 bits per heavy atom. The molecule has 10 atom stereocenters. The van der Waals surface area contributed by atoms with Crippen LogP contribution < -0.4 is 60.2 Å². The van der Waals surface area contributed by atoms with Crippen LogP contribution in [0.5, 0.6) is 5.75 Å². The number of hydrogen-bond donors (Lipinski definition) is 14. The summed E-state index contributed by atoms with van der Waals surface area (Å²) in [6.07, 6.45) is -3.24. The highest BCUT2D eigenvalue weighted by atomic mass is 33.1. The van der Waals surface area contributed by atoms with Gasteiger partial charge >= 0.3 is 0 Å². The van der Waals surface area contributed by atoms with Gasteiger partial charge in [-0.1, -0.05) is 67.8 Å². The van der Waals surface area contributed by atoms with Gasteiger partial charge in [-0.15, -0.1) is 0 Å². The molecule has 0 spiro atoms. The van der Waals surface area contributed by atoms with Crippen molar-refractivity contribution in [3.8, 4) is 5.75 Å². The predicted octanol–water partition coefficient (Wildman–Crippen LogP) is -5.03. The summed E-state index contributed by atoms with van der Waals surface area (Å²) in [6, 6.07) is -6.31. The number of benzene rings is 1. The maximum absolute atomic E-state index is 14.7.